The van der Waals surface area contributed by atoms with Gasteiger partial charge < -0.3 is 4.43 Å². The summed E-state index contributed by atoms with van der Waals surface area (Å²) in [5.41, 5.74) is -0.450. The molecule has 0 atom stereocenters. The number of halogens is 4. The number of rotatable bonds is 3. The van der Waals surface area contributed by atoms with Crippen LogP contribution in [0.3, 0.4) is 0 Å². The van der Waals surface area contributed by atoms with E-state index in [0.29, 0.717) is 11.3 Å². The fraction of sp³-hybridized carbons (Fsp3) is 0.500. The van der Waals surface area contributed by atoms with Gasteiger partial charge in [0.25, 0.3) is 0 Å². The van der Waals surface area contributed by atoms with Crippen molar-refractivity contribution in [1.82, 2.24) is 0 Å². The van der Waals surface area contributed by atoms with Crippen LogP contribution in [0.2, 0.25) is 23.2 Å². The van der Waals surface area contributed by atoms with Crippen LogP contribution < -0.4 is 0 Å². The van der Waals surface area contributed by atoms with E-state index in [-0.39, 0.29) is 10.1 Å². The topological polar surface area (TPSA) is 9.23 Å². The van der Waals surface area contributed by atoms with Crippen molar-refractivity contribution < 1.29 is 17.6 Å². The van der Waals surface area contributed by atoms with Gasteiger partial charge >= 0.3 is 6.18 Å². The molecule has 0 aliphatic carbocycles. The lowest BCUT2D eigenvalue weighted by Crippen LogP contribution is -2.40. The monoisotopic (exact) mass is 350 g/mol. The van der Waals surface area contributed by atoms with E-state index in [1.807, 2.05) is 0 Å². The second-order valence-corrected chi connectivity index (χ2v) is 11.8. The zero-order valence-electron chi connectivity index (χ0n) is 13.7. The van der Waals surface area contributed by atoms with Crippen LogP contribution in [0.4, 0.5) is 13.2 Å². The van der Waals surface area contributed by atoms with E-state index < -0.39 is 20.1 Å². The highest BCUT2D eigenvalue weighted by Gasteiger charge is 2.40. The second-order valence-electron chi connectivity index (χ2n) is 6.71. The minimum atomic E-state index is -4.48. The molecule has 0 heterocycles. The summed E-state index contributed by atoms with van der Waals surface area (Å²) in [6.45, 7) is 12.1. The van der Waals surface area contributed by atoms with Gasteiger partial charge in [-0.3, -0.25) is 0 Å². The van der Waals surface area contributed by atoms with Gasteiger partial charge in [0.15, 0.2) is 0 Å². The molecule has 0 N–H and O–H groups in total. The average Bonchev–Trinajstić information content (AvgIpc) is 2.34. The predicted molar refractivity (Wildman–Crippen MR) is 88.4 cm³/mol. The van der Waals surface area contributed by atoms with Crippen LogP contribution >= 0.6 is 11.6 Å². The Bertz CT molecular complexity index is 572. The Morgan fingerprint density at radius 1 is 1.18 bits per heavy atom. The third kappa shape index (κ3) is 4.29. The molecule has 0 bridgehead atoms. The highest BCUT2D eigenvalue weighted by molar-refractivity contribution is 6.74. The van der Waals surface area contributed by atoms with Gasteiger partial charge in [-0.2, -0.15) is 13.2 Å². The summed E-state index contributed by atoms with van der Waals surface area (Å²) in [5, 5.41) is -0.348. The lowest BCUT2D eigenvalue weighted by molar-refractivity contribution is -0.137. The van der Waals surface area contributed by atoms with Crippen molar-refractivity contribution in [1.29, 1.82) is 0 Å². The van der Waals surface area contributed by atoms with Crippen LogP contribution in [0, 0.1) is 0 Å². The SMILES string of the molecule is C/C=C(/O[Si](C)(C)C(C)(C)C)c1ccc(Cl)c(C(F)(F)F)c1. The summed E-state index contributed by atoms with van der Waals surface area (Å²) in [6.07, 6.45) is -2.78. The minimum absolute atomic E-state index is 0.0411. The molecule has 0 spiro atoms. The standard InChI is InChI=1S/C16H22ClF3OSi/c1-7-14(21-22(5,6)15(2,3)4)11-8-9-13(17)12(10-11)16(18,19)20/h7-10H,1-6H3/b14-7+. The van der Waals surface area contributed by atoms with Crippen molar-refractivity contribution in [2.75, 3.05) is 0 Å². The Balaban J connectivity index is 3.24. The maximum absolute atomic E-state index is 13.0. The van der Waals surface area contributed by atoms with E-state index in [1.54, 1.807) is 19.1 Å². The molecule has 124 valence electrons. The van der Waals surface area contributed by atoms with E-state index in [2.05, 4.69) is 33.9 Å². The molecule has 0 fully saturated rings. The van der Waals surface area contributed by atoms with Crippen LogP contribution in [0.15, 0.2) is 24.3 Å². The number of hydrogen-bond donors (Lipinski definition) is 0. The summed E-state index contributed by atoms with van der Waals surface area (Å²) >= 11 is 5.66. The number of benzene rings is 1. The normalized spacial score (nSPS) is 14.2. The van der Waals surface area contributed by atoms with Gasteiger partial charge in [-0.1, -0.05) is 32.4 Å². The molecule has 0 aliphatic heterocycles. The van der Waals surface area contributed by atoms with E-state index in [9.17, 15) is 13.2 Å². The summed E-state index contributed by atoms with van der Waals surface area (Å²) in [6, 6.07) is 3.86. The van der Waals surface area contributed by atoms with E-state index in [4.69, 9.17) is 16.0 Å². The quantitative estimate of drug-likeness (QED) is 0.433. The Kier molecular flexibility index (Phi) is 5.45. The van der Waals surface area contributed by atoms with Gasteiger partial charge in [0.2, 0.25) is 8.32 Å². The Labute approximate surface area is 136 Å². The first kappa shape index (κ1) is 19.1. The highest BCUT2D eigenvalue weighted by atomic mass is 35.5. The van der Waals surface area contributed by atoms with Gasteiger partial charge in [-0.25, -0.2) is 0 Å². The van der Waals surface area contributed by atoms with Gasteiger partial charge in [-0.05, 0) is 49.3 Å². The molecule has 1 aromatic carbocycles. The molecular formula is C16H22ClF3OSi. The van der Waals surface area contributed by atoms with Gasteiger partial charge in [0, 0.05) is 5.56 Å². The van der Waals surface area contributed by atoms with Crippen molar-refractivity contribution >= 4 is 25.7 Å². The van der Waals surface area contributed by atoms with Crippen LogP contribution in [0.5, 0.6) is 0 Å². The number of hydrogen-bond acceptors (Lipinski definition) is 1. The van der Waals surface area contributed by atoms with Crippen molar-refractivity contribution in [3.63, 3.8) is 0 Å². The van der Waals surface area contributed by atoms with E-state index in [0.717, 1.165) is 6.07 Å². The van der Waals surface area contributed by atoms with Crippen LogP contribution in [-0.2, 0) is 10.6 Å². The molecule has 0 saturated heterocycles. The molecule has 1 rings (SSSR count). The first-order valence-electron chi connectivity index (χ1n) is 7.02. The molecule has 22 heavy (non-hydrogen) atoms. The average molecular weight is 351 g/mol. The predicted octanol–water partition coefficient (Wildman–Crippen LogP) is 6.74. The maximum atomic E-state index is 13.0. The minimum Gasteiger partial charge on any atom is -0.543 e. The summed E-state index contributed by atoms with van der Waals surface area (Å²) in [7, 11) is -2.13. The summed E-state index contributed by atoms with van der Waals surface area (Å²) in [5.74, 6) is 0.466. The first-order chi connectivity index (χ1) is 9.79. The van der Waals surface area contributed by atoms with E-state index in [1.165, 1.54) is 6.07 Å². The molecule has 0 saturated carbocycles. The highest BCUT2D eigenvalue weighted by Crippen LogP contribution is 2.41. The van der Waals surface area contributed by atoms with Crippen molar-refractivity contribution in [3.8, 4) is 0 Å². The molecule has 1 aromatic rings. The van der Waals surface area contributed by atoms with Gasteiger partial charge in [0.05, 0.1) is 10.6 Å². The van der Waals surface area contributed by atoms with E-state index >= 15 is 0 Å². The fourth-order valence-corrected chi connectivity index (χ4v) is 2.92. The summed E-state index contributed by atoms with van der Waals surface area (Å²) in [4.78, 5) is 0. The molecule has 0 unspecified atom stereocenters. The lowest BCUT2D eigenvalue weighted by Gasteiger charge is -2.37. The van der Waals surface area contributed by atoms with Crippen LogP contribution in [-0.4, -0.2) is 8.32 Å². The van der Waals surface area contributed by atoms with Gasteiger partial charge in [0.1, 0.15) is 5.76 Å². The second kappa shape index (κ2) is 6.28. The van der Waals surface area contributed by atoms with Crippen molar-refractivity contribution in [2.24, 2.45) is 0 Å². The molecule has 0 aromatic heterocycles. The van der Waals surface area contributed by atoms with Crippen molar-refractivity contribution in [2.45, 2.75) is 52.0 Å². The fourth-order valence-electron chi connectivity index (χ4n) is 1.61. The van der Waals surface area contributed by atoms with Gasteiger partial charge in [-0.15, -0.1) is 0 Å². The molecule has 0 radical (unpaired) electrons. The van der Waals surface area contributed by atoms with Crippen molar-refractivity contribution in [3.05, 3.63) is 40.4 Å². The van der Waals surface area contributed by atoms with Crippen LogP contribution in [0.25, 0.3) is 5.76 Å². The maximum Gasteiger partial charge on any atom is 0.417 e. The largest absolute Gasteiger partial charge is 0.543 e. The lowest BCUT2D eigenvalue weighted by atomic mass is 10.1. The number of allylic oxidation sites excluding steroid dienone is 1. The zero-order valence-corrected chi connectivity index (χ0v) is 15.5. The third-order valence-corrected chi connectivity index (χ3v) is 8.66. The third-order valence-electron chi connectivity index (χ3n) is 3.99. The smallest absolute Gasteiger partial charge is 0.417 e. The Morgan fingerprint density at radius 3 is 2.14 bits per heavy atom. The zero-order chi connectivity index (χ0) is 17.3. The molecule has 1 nitrogen and oxygen atoms in total. The molecule has 6 heteroatoms. The summed E-state index contributed by atoms with van der Waals surface area (Å²) < 4.78 is 45.1. The van der Waals surface area contributed by atoms with Crippen LogP contribution in [0.1, 0.15) is 38.8 Å². The molecular weight excluding hydrogens is 329 g/mol. The first-order valence-corrected chi connectivity index (χ1v) is 10.3. The molecule has 0 amide bonds. The molecule has 0 aliphatic rings. The Morgan fingerprint density at radius 2 is 1.73 bits per heavy atom. The number of alkyl halides is 3. The Hall–Kier alpha value is -0.943.